The highest BCUT2D eigenvalue weighted by Crippen LogP contribution is 2.31. The standard InChI is InChI=1S/C23H18F2N2O3S2/c1-29-22-9-15(4-7-21(22)30-12-17-13-31-14-26-17)23(28)27(11-18-3-2-8-32-18)20-6-5-16(24)10-19(20)25/h2-10,13-14H,11-12H2,1H3. The van der Waals surface area contributed by atoms with Crippen molar-refractivity contribution in [2.24, 2.45) is 0 Å². The first-order chi connectivity index (χ1) is 15.5. The van der Waals surface area contributed by atoms with E-state index in [2.05, 4.69) is 4.98 Å². The van der Waals surface area contributed by atoms with Gasteiger partial charge in [-0.15, -0.1) is 22.7 Å². The van der Waals surface area contributed by atoms with E-state index in [-0.39, 0.29) is 24.4 Å². The zero-order chi connectivity index (χ0) is 22.5. The molecule has 4 aromatic rings. The van der Waals surface area contributed by atoms with Crippen LogP contribution in [0.2, 0.25) is 0 Å². The fraction of sp³-hybridized carbons (Fsp3) is 0.130. The van der Waals surface area contributed by atoms with Gasteiger partial charge in [0.15, 0.2) is 11.5 Å². The van der Waals surface area contributed by atoms with Gasteiger partial charge in [-0.1, -0.05) is 6.07 Å². The lowest BCUT2D eigenvalue weighted by Crippen LogP contribution is -2.31. The molecule has 164 valence electrons. The highest BCUT2D eigenvalue weighted by Gasteiger charge is 2.23. The fourth-order valence-corrected chi connectivity index (χ4v) is 4.30. The number of anilines is 1. The second-order valence-corrected chi connectivity index (χ2v) is 8.45. The molecule has 2 aromatic carbocycles. The minimum atomic E-state index is -0.815. The molecule has 0 atom stereocenters. The Bertz CT molecular complexity index is 1200. The smallest absolute Gasteiger partial charge is 0.258 e. The molecule has 2 aromatic heterocycles. The topological polar surface area (TPSA) is 51.7 Å². The normalized spacial score (nSPS) is 10.7. The molecular weight excluding hydrogens is 454 g/mol. The molecule has 5 nitrogen and oxygen atoms in total. The molecule has 0 N–H and O–H groups in total. The molecule has 0 saturated carbocycles. The van der Waals surface area contributed by atoms with Crippen LogP contribution in [0, 0.1) is 11.6 Å². The molecule has 4 rings (SSSR count). The van der Waals surface area contributed by atoms with Crippen LogP contribution in [0.3, 0.4) is 0 Å². The first kappa shape index (κ1) is 21.9. The van der Waals surface area contributed by atoms with Crippen LogP contribution in [0.1, 0.15) is 20.9 Å². The van der Waals surface area contributed by atoms with E-state index in [1.165, 1.54) is 40.7 Å². The number of ether oxygens (including phenoxy) is 2. The maximum absolute atomic E-state index is 14.6. The van der Waals surface area contributed by atoms with Crippen molar-refractivity contribution >= 4 is 34.3 Å². The van der Waals surface area contributed by atoms with Gasteiger partial charge in [0.25, 0.3) is 5.91 Å². The first-order valence-electron chi connectivity index (χ1n) is 9.52. The van der Waals surface area contributed by atoms with E-state index >= 15 is 0 Å². The maximum atomic E-state index is 14.6. The third-order valence-electron chi connectivity index (χ3n) is 4.61. The summed E-state index contributed by atoms with van der Waals surface area (Å²) in [6.45, 7) is 0.405. The number of hydrogen-bond donors (Lipinski definition) is 0. The van der Waals surface area contributed by atoms with E-state index in [0.29, 0.717) is 11.5 Å². The summed E-state index contributed by atoms with van der Waals surface area (Å²) in [5.74, 6) is -1.16. The van der Waals surface area contributed by atoms with Gasteiger partial charge in [0.2, 0.25) is 0 Å². The third-order valence-corrected chi connectivity index (χ3v) is 6.11. The number of nitrogens with zero attached hydrogens (tertiary/aromatic N) is 2. The van der Waals surface area contributed by atoms with E-state index in [4.69, 9.17) is 9.47 Å². The number of rotatable bonds is 8. The number of thiazole rings is 1. The molecule has 0 spiro atoms. The number of benzene rings is 2. The number of amides is 1. The van der Waals surface area contributed by atoms with Crippen molar-refractivity contribution in [2.45, 2.75) is 13.2 Å². The van der Waals surface area contributed by atoms with E-state index in [9.17, 15) is 13.6 Å². The second-order valence-electron chi connectivity index (χ2n) is 6.70. The van der Waals surface area contributed by atoms with Gasteiger partial charge >= 0.3 is 0 Å². The van der Waals surface area contributed by atoms with Gasteiger partial charge < -0.3 is 14.4 Å². The number of halogens is 2. The second kappa shape index (κ2) is 9.88. The zero-order valence-electron chi connectivity index (χ0n) is 17.0. The summed E-state index contributed by atoms with van der Waals surface area (Å²) in [6.07, 6.45) is 0. The molecule has 32 heavy (non-hydrogen) atoms. The van der Waals surface area contributed by atoms with E-state index in [1.54, 1.807) is 23.7 Å². The summed E-state index contributed by atoms with van der Waals surface area (Å²) in [7, 11) is 1.47. The molecule has 0 fully saturated rings. The van der Waals surface area contributed by atoms with Gasteiger partial charge in [0, 0.05) is 21.9 Å². The van der Waals surface area contributed by atoms with Gasteiger partial charge in [-0.2, -0.15) is 0 Å². The Kier molecular flexibility index (Phi) is 6.77. The molecule has 9 heteroatoms. The van der Waals surface area contributed by atoms with Crippen molar-refractivity contribution in [1.29, 1.82) is 0 Å². The van der Waals surface area contributed by atoms with Crippen LogP contribution in [0.5, 0.6) is 11.5 Å². The summed E-state index contributed by atoms with van der Waals surface area (Å²) in [5.41, 5.74) is 2.77. The van der Waals surface area contributed by atoms with Crippen molar-refractivity contribution in [3.05, 3.63) is 92.6 Å². The molecule has 2 heterocycles. The van der Waals surface area contributed by atoms with Gasteiger partial charge in [0.05, 0.1) is 30.5 Å². The Labute approximate surface area is 191 Å². The lowest BCUT2D eigenvalue weighted by molar-refractivity contribution is 0.0984. The Morgan fingerprint density at radius 3 is 2.69 bits per heavy atom. The van der Waals surface area contributed by atoms with Gasteiger partial charge in [-0.3, -0.25) is 4.79 Å². The van der Waals surface area contributed by atoms with Crippen molar-refractivity contribution in [1.82, 2.24) is 4.98 Å². The van der Waals surface area contributed by atoms with Gasteiger partial charge in [-0.05, 0) is 41.8 Å². The van der Waals surface area contributed by atoms with Crippen LogP contribution in [-0.2, 0) is 13.2 Å². The molecule has 0 unspecified atom stereocenters. The molecule has 0 radical (unpaired) electrons. The molecule has 0 aliphatic carbocycles. The van der Waals surface area contributed by atoms with Crippen LogP contribution < -0.4 is 14.4 Å². The molecule has 1 amide bonds. The minimum Gasteiger partial charge on any atom is -0.493 e. The van der Waals surface area contributed by atoms with Gasteiger partial charge in [-0.25, -0.2) is 13.8 Å². The van der Waals surface area contributed by atoms with Crippen molar-refractivity contribution < 1.29 is 23.0 Å². The first-order valence-corrected chi connectivity index (χ1v) is 11.3. The highest BCUT2D eigenvalue weighted by molar-refractivity contribution is 7.09. The van der Waals surface area contributed by atoms with Gasteiger partial charge in [0.1, 0.15) is 18.2 Å². The number of carbonyl (C=O) groups is 1. The summed E-state index contributed by atoms with van der Waals surface area (Å²) in [5, 5.41) is 3.75. The quantitative estimate of drug-likeness (QED) is 0.320. The Balaban J connectivity index is 1.63. The van der Waals surface area contributed by atoms with Crippen molar-refractivity contribution in [3.63, 3.8) is 0 Å². The maximum Gasteiger partial charge on any atom is 0.258 e. The Morgan fingerprint density at radius 2 is 2.00 bits per heavy atom. The Morgan fingerprint density at radius 1 is 1.12 bits per heavy atom. The zero-order valence-corrected chi connectivity index (χ0v) is 18.6. The number of carbonyl (C=O) groups excluding carboxylic acids is 1. The fourth-order valence-electron chi connectivity index (χ4n) is 3.06. The van der Waals surface area contributed by atoms with Crippen molar-refractivity contribution in [3.8, 4) is 11.5 Å². The third kappa shape index (κ3) is 4.95. The SMILES string of the molecule is COc1cc(C(=O)N(Cc2cccs2)c2ccc(F)cc2F)ccc1OCc1cscn1. The number of hydrogen-bond acceptors (Lipinski definition) is 6. The summed E-state index contributed by atoms with van der Waals surface area (Å²) in [6, 6.07) is 11.6. The number of methoxy groups -OCH3 is 1. The lowest BCUT2D eigenvalue weighted by atomic mass is 10.1. The Hall–Kier alpha value is -3.30. The van der Waals surface area contributed by atoms with Crippen LogP contribution in [0.4, 0.5) is 14.5 Å². The highest BCUT2D eigenvalue weighted by atomic mass is 32.1. The molecular formula is C23H18F2N2O3S2. The van der Waals surface area contributed by atoms with Crippen LogP contribution >= 0.6 is 22.7 Å². The average molecular weight is 473 g/mol. The summed E-state index contributed by atoms with van der Waals surface area (Å²) >= 11 is 2.91. The number of thiophene rings is 1. The molecule has 0 aliphatic rings. The average Bonchev–Trinajstić information content (AvgIpc) is 3.50. The molecule has 0 saturated heterocycles. The van der Waals surface area contributed by atoms with E-state index in [0.717, 1.165) is 22.7 Å². The monoisotopic (exact) mass is 472 g/mol. The summed E-state index contributed by atoms with van der Waals surface area (Å²) < 4.78 is 39.2. The lowest BCUT2D eigenvalue weighted by Gasteiger charge is -2.23. The summed E-state index contributed by atoms with van der Waals surface area (Å²) in [4.78, 5) is 19.7. The molecule has 0 aliphatic heterocycles. The van der Waals surface area contributed by atoms with E-state index < -0.39 is 17.5 Å². The van der Waals surface area contributed by atoms with Crippen LogP contribution in [-0.4, -0.2) is 18.0 Å². The number of aromatic nitrogens is 1. The predicted octanol–water partition coefficient (Wildman–Crippen LogP) is 5.92. The van der Waals surface area contributed by atoms with E-state index in [1.807, 2.05) is 22.9 Å². The predicted molar refractivity (Wildman–Crippen MR) is 121 cm³/mol. The van der Waals surface area contributed by atoms with Crippen molar-refractivity contribution in [2.75, 3.05) is 12.0 Å². The molecule has 0 bridgehead atoms. The van der Waals surface area contributed by atoms with Crippen LogP contribution in [0.15, 0.2) is 64.8 Å². The van der Waals surface area contributed by atoms with Crippen LogP contribution in [0.25, 0.3) is 0 Å². The largest absolute Gasteiger partial charge is 0.493 e. The minimum absolute atomic E-state index is 0.00683.